The van der Waals surface area contributed by atoms with Crippen LogP contribution in [0.4, 0.5) is 0 Å². The number of fused-ring (bicyclic) bond motifs is 1. The monoisotopic (exact) mass is 332 g/mol. The number of nitrogens with one attached hydrogen (secondary N) is 1. The molecule has 1 aromatic carbocycles. The molecule has 122 valence electrons. The molecule has 0 unspecified atom stereocenters. The Kier molecular flexibility index (Phi) is 4.83. The highest BCUT2D eigenvalue weighted by Crippen LogP contribution is 2.34. The number of rotatable bonds is 6. The lowest BCUT2D eigenvalue weighted by Gasteiger charge is -2.25. The molecule has 1 atom stereocenters. The van der Waals surface area contributed by atoms with Gasteiger partial charge < -0.3 is 19.7 Å². The maximum absolute atomic E-state index is 12.1. The minimum Gasteiger partial charge on any atom is -0.454 e. The summed E-state index contributed by atoms with van der Waals surface area (Å²) >= 11 is 1.60. The number of carbonyl (C=O) groups excluding carboxylic acids is 1. The van der Waals surface area contributed by atoms with Crippen LogP contribution < -0.4 is 14.8 Å². The zero-order chi connectivity index (χ0) is 16.2. The number of ether oxygens (including phenoxy) is 2. The van der Waals surface area contributed by atoms with Gasteiger partial charge >= 0.3 is 0 Å². The van der Waals surface area contributed by atoms with Crippen LogP contribution in [-0.4, -0.2) is 38.2 Å². The van der Waals surface area contributed by atoms with E-state index in [2.05, 4.69) is 10.2 Å². The smallest absolute Gasteiger partial charge is 0.231 e. The van der Waals surface area contributed by atoms with Crippen LogP contribution in [0.15, 0.2) is 35.7 Å². The van der Waals surface area contributed by atoms with Crippen LogP contribution in [0.2, 0.25) is 0 Å². The van der Waals surface area contributed by atoms with E-state index in [1.165, 1.54) is 0 Å². The molecule has 23 heavy (non-hydrogen) atoms. The summed E-state index contributed by atoms with van der Waals surface area (Å²) in [7, 11) is 4.00. The molecule has 2 aromatic rings. The lowest BCUT2D eigenvalue weighted by atomic mass is 10.1. The summed E-state index contributed by atoms with van der Waals surface area (Å²) in [6.07, 6.45) is 0.430. The van der Waals surface area contributed by atoms with Crippen molar-refractivity contribution in [2.24, 2.45) is 0 Å². The van der Waals surface area contributed by atoms with Crippen LogP contribution in [0, 0.1) is 0 Å². The first-order valence-electron chi connectivity index (χ1n) is 7.48. The standard InChI is InChI=1S/C17H20N2O3S/c1-19(2)14(10-18-17(20)9-13-4-3-7-23-13)12-5-6-15-16(8-12)22-11-21-15/h3-8,14H,9-11H2,1-2H3,(H,18,20)/t14-/m0/s1. The van der Waals surface area contributed by atoms with Crippen LogP contribution in [0.1, 0.15) is 16.5 Å². The molecule has 0 radical (unpaired) electrons. The van der Waals surface area contributed by atoms with E-state index >= 15 is 0 Å². The van der Waals surface area contributed by atoms with E-state index in [0.717, 1.165) is 21.9 Å². The van der Waals surface area contributed by atoms with Crippen LogP contribution in [-0.2, 0) is 11.2 Å². The molecule has 0 saturated heterocycles. The molecule has 0 bridgehead atoms. The first-order chi connectivity index (χ1) is 11.1. The molecule has 5 nitrogen and oxygen atoms in total. The van der Waals surface area contributed by atoms with Crippen molar-refractivity contribution >= 4 is 17.2 Å². The number of hydrogen-bond acceptors (Lipinski definition) is 5. The second kappa shape index (κ2) is 7.02. The van der Waals surface area contributed by atoms with E-state index in [1.54, 1.807) is 11.3 Å². The first kappa shape index (κ1) is 15.8. The van der Waals surface area contributed by atoms with Gasteiger partial charge in [0.1, 0.15) is 0 Å². The van der Waals surface area contributed by atoms with Gasteiger partial charge in [-0.1, -0.05) is 12.1 Å². The summed E-state index contributed by atoms with van der Waals surface area (Å²) in [5, 5.41) is 5.01. The minimum atomic E-state index is 0.0417. The average molecular weight is 332 g/mol. The predicted octanol–water partition coefficient (Wildman–Crippen LogP) is 2.44. The molecule has 3 rings (SSSR count). The van der Waals surface area contributed by atoms with Gasteiger partial charge in [-0.3, -0.25) is 4.79 Å². The van der Waals surface area contributed by atoms with Crippen molar-refractivity contribution in [3.63, 3.8) is 0 Å². The van der Waals surface area contributed by atoms with E-state index in [1.807, 2.05) is 49.8 Å². The number of nitrogens with zero attached hydrogens (tertiary/aromatic N) is 1. The number of benzene rings is 1. The quantitative estimate of drug-likeness (QED) is 0.883. The summed E-state index contributed by atoms with van der Waals surface area (Å²) in [5.74, 6) is 1.58. The lowest BCUT2D eigenvalue weighted by molar-refractivity contribution is -0.120. The van der Waals surface area contributed by atoms with Gasteiger partial charge in [0.25, 0.3) is 0 Å². The first-order valence-corrected chi connectivity index (χ1v) is 8.36. The molecule has 6 heteroatoms. The van der Waals surface area contributed by atoms with Crippen LogP contribution in [0.3, 0.4) is 0 Å². The molecule has 1 amide bonds. The van der Waals surface area contributed by atoms with Crippen molar-refractivity contribution in [1.82, 2.24) is 10.2 Å². The molecular formula is C17H20N2O3S. The molecule has 1 N–H and O–H groups in total. The van der Waals surface area contributed by atoms with Gasteiger partial charge in [0.2, 0.25) is 12.7 Å². The minimum absolute atomic E-state index is 0.0417. The Labute approximate surface area is 139 Å². The maximum atomic E-state index is 12.1. The Hall–Kier alpha value is -2.05. The largest absolute Gasteiger partial charge is 0.454 e. The number of carbonyl (C=O) groups is 1. The van der Waals surface area contributed by atoms with Crippen molar-refractivity contribution in [2.75, 3.05) is 27.4 Å². The molecule has 1 aliphatic rings. The molecular weight excluding hydrogens is 312 g/mol. The molecule has 0 aliphatic carbocycles. The van der Waals surface area contributed by atoms with Crippen LogP contribution in [0.25, 0.3) is 0 Å². The Morgan fingerprint density at radius 3 is 2.87 bits per heavy atom. The zero-order valence-electron chi connectivity index (χ0n) is 13.2. The topological polar surface area (TPSA) is 50.8 Å². The predicted molar refractivity (Wildman–Crippen MR) is 90.0 cm³/mol. The third-order valence-electron chi connectivity index (χ3n) is 3.81. The van der Waals surface area contributed by atoms with Gasteiger partial charge in [-0.15, -0.1) is 11.3 Å². The SMILES string of the molecule is CN(C)[C@@H](CNC(=O)Cc1cccs1)c1ccc2c(c1)OCO2. The second-order valence-corrected chi connectivity index (χ2v) is 6.68. The fraction of sp³-hybridized carbons (Fsp3) is 0.353. The second-order valence-electron chi connectivity index (χ2n) is 5.65. The van der Waals surface area contributed by atoms with Crippen LogP contribution in [0.5, 0.6) is 11.5 Å². The molecule has 1 aromatic heterocycles. The Bertz CT molecular complexity index is 670. The van der Waals surface area contributed by atoms with Crippen LogP contribution >= 0.6 is 11.3 Å². The molecule has 2 heterocycles. The third kappa shape index (κ3) is 3.83. The summed E-state index contributed by atoms with van der Waals surface area (Å²) in [6.45, 7) is 0.819. The maximum Gasteiger partial charge on any atom is 0.231 e. The Morgan fingerprint density at radius 1 is 1.30 bits per heavy atom. The van der Waals surface area contributed by atoms with Crippen molar-refractivity contribution in [1.29, 1.82) is 0 Å². The molecule has 1 aliphatic heterocycles. The average Bonchev–Trinajstić information content (AvgIpc) is 3.17. The van der Waals surface area contributed by atoms with E-state index in [9.17, 15) is 4.79 Å². The zero-order valence-corrected chi connectivity index (χ0v) is 14.1. The van der Waals surface area contributed by atoms with Gasteiger partial charge in [0.05, 0.1) is 12.5 Å². The molecule has 0 spiro atoms. The fourth-order valence-electron chi connectivity index (χ4n) is 2.56. The van der Waals surface area contributed by atoms with Crippen molar-refractivity contribution in [2.45, 2.75) is 12.5 Å². The van der Waals surface area contributed by atoms with Gasteiger partial charge in [-0.2, -0.15) is 0 Å². The van der Waals surface area contributed by atoms with E-state index in [-0.39, 0.29) is 18.7 Å². The van der Waals surface area contributed by atoms with E-state index in [4.69, 9.17) is 9.47 Å². The fourth-order valence-corrected chi connectivity index (χ4v) is 3.27. The Balaban J connectivity index is 1.64. The van der Waals surface area contributed by atoms with Gasteiger partial charge in [0, 0.05) is 11.4 Å². The summed E-state index contributed by atoms with van der Waals surface area (Å²) < 4.78 is 10.8. The highest BCUT2D eigenvalue weighted by molar-refractivity contribution is 7.10. The Morgan fingerprint density at radius 2 is 2.13 bits per heavy atom. The van der Waals surface area contributed by atoms with E-state index in [0.29, 0.717) is 13.0 Å². The van der Waals surface area contributed by atoms with Gasteiger partial charge in [-0.25, -0.2) is 0 Å². The normalized spacial score (nSPS) is 14.0. The lowest BCUT2D eigenvalue weighted by Crippen LogP contribution is -2.35. The summed E-state index contributed by atoms with van der Waals surface area (Å²) in [5.41, 5.74) is 1.09. The molecule has 0 fully saturated rings. The summed E-state index contributed by atoms with van der Waals surface area (Å²) in [6, 6.07) is 9.94. The number of thiophene rings is 1. The van der Waals surface area contributed by atoms with Crippen molar-refractivity contribution in [3.8, 4) is 11.5 Å². The van der Waals surface area contributed by atoms with Gasteiger partial charge in [-0.05, 0) is 43.2 Å². The van der Waals surface area contributed by atoms with Crippen molar-refractivity contribution < 1.29 is 14.3 Å². The highest BCUT2D eigenvalue weighted by Gasteiger charge is 2.20. The van der Waals surface area contributed by atoms with Crippen molar-refractivity contribution in [3.05, 3.63) is 46.2 Å². The number of amides is 1. The van der Waals surface area contributed by atoms with Gasteiger partial charge in [0.15, 0.2) is 11.5 Å². The number of hydrogen-bond donors (Lipinski definition) is 1. The highest BCUT2D eigenvalue weighted by atomic mass is 32.1. The molecule has 0 saturated carbocycles. The van der Waals surface area contributed by atoms with E-state index < -0.39 is 0 Å². The summed E-state index contributed by atoms with van der Waals surface area (Å²) in [4.78, 5) is 15.3. The number of likely N-dealkylation sites (N-methyl/N-ethyl adjacent to an activating group) is 1. The third-order valence-corrected chi connectivity index (χ3v) is 4.69.